The van der Waals surface area contributed by atoms with Crippen LogP contribution in [-0.4, -0.2) is 16.2 Å². The number of benzene rings is 1. The molecule has 0 unspecified atom stereocenters. The van der Waals surface area contributed by atoms with Crippen molar-refractivity contribution in [2.45, 2.75) is 4.90 Å². The Labute approximate surface area is 109 Å². The molecule has 94 valence electrons. The molecule has 0 bridgehead atoms. The maximum absolute atomic E-state index is 5.58. The summed E-state index contributed by atoms with van der Waals surface area (Å²) in [5.74, 6) is 6.52. The number of anilines is 4. The summed E-state index contributed by atoms with van der Waals surface area (Å²) >= 11 is 1.67. The Balaban J connectivity index is 2.24. The molecular weight excluding hydrogens is 248 g/mol. The largest absolute Gasteiger partial charge is 0.368 e. The van der Waals surface area contributed by atoms with Gasteiger partial charge < -0.3 is 16.5 Å². The first-order valence-electron chi connectivity index (χ1n) is 5.23. The van der Waals surface area contributed by atoms with Crippen molar-refractivity contribution in [1.29, 1.82) is 0 Å². The van der Waals surface area contributed by atoms with Gasteiger partial charge in [-0.25, -0.2) is 5.84 Å². The molecule has 2 rings (SSSR count). The quantitative estimate of drug-likeness (QED) is 0.378. The summed E-state index contributed by atoms with van der Waals surface area (Å²) in [6, 6.07) is 9.67. The summed E-state index contributed by atoms with van der Waals surface area (Å²) in [6.45, 7) is 0. The maximum Gasteiger partial charge on any atom is 0.223 e. The van der Waals surface area contributed by atoms with Crippen LogP contribution in [0, 0.1) is 0 Å². The van der Waals surface area contributed by atoms with Crippen LogP contribution in [0.3, 0.4) is 0 Å². The molecule has 0 aliphatic heterocycles. The van der Waals surface area contributed by atoms with E-state index in [-0.39, 0.29) is 5.95 Å². The highest BCUT2D eigenvalue weighted by Crippen LogP contribution is 2.22. The number of hydrogen-bond donors (Lipinski definition) is 4. The Kier molecular flexibility index (Phi) is 3.85. The maximum atomic E-state index is 5.58. The van der Waals surface area contributed by atoms with E-state index in [1.165, 1.54) is 4.90 Å². The van der Waals surface area contributed by atoms with Gasteiger partial charge in [-0.3, -0.25) is 0 Å². The van der Waals surface area contributed by atoms with Gasteiger partial charge in [-0.15, -0.1) is 11.8 Å². The van der Waals surface area contributed by atoms with Gasteiger partial charge in [0.25, 0.3) is 0 Å². The monoisotopic (exact) mass is 262 g/mol. The average Bonchev–Trinajstić information content (AvgIpc) is 2.38. The molecule has 0 amide bonds. The fourth-order valence-corrected chi connectivity index (χ4v) is 1.91. The fraction of sp³-hybridized carbons (Fsp3) is 0.0909. The first kappa shape index (κ1) is 12.5. The molecule has 2 aromatic rings. The highest BCUT2D eigenvalue weighted by atomic mass is 32.2. The van der Waals surface area contributed by atoms with Crippen molar-refractivity contribution in [2.24, 2.45) is 5.84 Å². The minimum absolute atomic E-state index is 0.161. The molecule has 0 aliphatic carbocycles. The number of nitrogen functional groups attached to an aromatic ring is 2. The van der Waals surface area contributed by atoms with E-state index in [0.29, 0.717) is 11.6 Å². The molecule has 0 saturated carbocycles. The number of nitrogens with one attached hydrogen (secondary N) is 2. The molecule has 0 aliphatic rings. The normalized spacial score (nSPS) is 10.1. The highest BCUT2D eigenvalue weighted by Gasteiger charge is 2.02. The van der Waals surface area contributed by atoms with Gasteiger partial charge in [0.1, 0.15) is 11.6 Å². The zero-order valence-corrected chi connectivity index (χ0v) is 10.7. The van der Waals surface area contributed by atoms with Crippen LogP contribution in [0.25, 0.3) is 0 Å². The molecular formula is C11H14N6S. The van der Waals surface area contributed by atoms with Gasteiger partial charge in [-0.2, -0.15) is 9.97 Å². The zero-order valence-electron chi connectivity index (χ0n) is 9.84. The van der Waals surface area contributed by atoms with Crippen molar-refractivity contribution >= 4 is 35.0 Å². The van der Waals surface area contributed by atoms with Crippen LogP contribution in [0.5, 0.6) is 0 Å². The van der Waals surface area contributed by atoms with E-state index >= 15 is 0 Å². The zero-order chi connectivity index (χ0) is 13.0. The smallest absolute Gasteiger partial charge is 0.223 e. The van der Waals surface area contributed by atoms with Crippen LogP contribution in [0.15, 0.2) is 35.2 Å². The number of aromatic nitrogens is 2. The average molecular weight is 262 g/mol. The Morgan fingerprint density at radius 2 is 1.94 bits per heavy atom. The third-order valence-electron chi connectivity index (χ3n) is 2.23. The molecule has 0 atom stereocenters. The molecule has 0 saturated heterocycles. The summed E-state index contributed by atoms with van der Waals surface area (Å²) in [7, 11) is 0. The Bertz CT molecular complexity index is 545. The fourth-order valence-electron chi connectivity index (χ4n) is 1.45. The van der Waals surface area contributed by atoms with E-state index < -0.39 is 0 Å². The highest BCUT2D eigenvalue weighted by molar-refractivity contribution is 7.98. The number of hydrogen-bond acceptors (Lipinski definition) is 7. The third-order valence-corrected chi connectivity index (χ3v) is 2.96. The molecule has 7 heteroatoms. The van der Waals surface area contributed by atoms with Gasteiger partial charge in [0.05, 0.1) is 0 Å². The van der Waals surface area contributed by atoms with Gasteiger partial charge in [0.15, 0.2) is 0 Å². The first-order valence-corrected chi connectivity index (χ1v) is 6.46. The topological polar surface area (TPSA) is 102 Å². The first-order chi connectivity index (χ1) is 8.71. The van der Waals surface area contributed by atoms with Crippen molar-refractivity contribution < 1.29 is 0 Å². The second kappa shape index (κ2) is 5.56. The molecule has 0 spiro atoms. The number of nitrogens with zero attached hydrogens (tertiary/aromatic N) is 2. The van der Waals surface area contributed by atoms with E-state index in [1.54, 1.807) is 17.8 Å². The number of rotatable bonds is 4. The van der Waals surface area contributed by atoms with Crippen LogP contribution < -0.4 is 22.3 Å². The standard InChI is InChI=1S/C11H14N6S/c1-18-8-4-2-3-7(5-8)14-9-6-10(17-13)16-11(12)15-9/h2-6H,13H2,1H3,(H4,12,14,15,16,17). The van der Waals surface area contributed by atoms with E-state index in [4.69, 9.17) is 11.6 Å². The molecule has 1 aromatic carbocycles. The Morgan fingerprint density at radius 3 is 2.67 bits per heavy atom. The summed E-state index contributed by atoms with van der Waals surface area (Å²) in [5, 5.41) is 3.15. The van der Waals surface area contributed by atoms with Gasteiger partial charge in [-0.05, 0) is 24.5 Å². The van der Waals surface area contributed by atoms with Crippen molar-refractivity contribution in [3.63, 3.8) is 0 Å². The van der Waals surface area contributed by atoms with E-state index in [9.17, 15) is 0 Å². The number of nitrogens with two attached hydrogens (primary N) is 2. The molecule has 6 N–H and O–H groups in total. The van der Waals surface area contributed by atoms with E-state index in [1.807, 2.05) is 30.5 Å². The minimum atomic E-state index is 0.161. The lowest BCUT2D eigenvalue weighted by Crippen LogP contribution is -2.11. The van der Waals surface area contributed by atoms with Crippen molar-refractivity contribution in [3.8, 4) is 0 Å². The lowest BCUT2D eigenvalue weighted by atomic mass is 10.3. The molecule has 6 nitrogen and oxygen atoms in total. The van der Waals surface area contributed by atoms with Crippen LogP contribution in [0.4, 0.5) is 23.3 Å². The molecule has 0 fully saturated rings. The summed E-state index contributed by atoms with van der Waals surface area (Å²) in [6.07, 6.45) is 2.03. The summed E-state index contributed by atoms with van der Waals surface area (Å²) in [4.78, 5) is 9.17. The van der Waals surface area contributed by atoms with E-state index in [0.717, 1.165) is 5.69 Å². The second-order valence-corrected chi connectivity index (χ2v) is 4.38. The van der Waals surface area contributed by atoms with Crippen molar-refractivity contribution in [2.75, 3.05) is 22.7 Å². The van der Waals surface area contributed by atoms with Gasteiger partial charge >= 0.3 is 0 Å². The summed E-state index contributed by atoms with van der Waals surface area (Å²) in [5.41, 5.74) is 8.96. The van der Waals surface area contributed by atoms with Crippen LogP contribution in [0.2, 0.25) is 0 Å². The number of hydrazine groups is 1. The third kappa shape index (κ3) is 3.02. The van der Waals surface area contributed by atoms with Crippen molar-refractivity contribution in [3.05, 3.63) is 30.3 Å². The number of thioether (sulfide) groups is 1. The van der Waals surface area contributed by atoms with Gasteiger partial charge in [0.2, 0.25) is 5.95 Å². The van der Waals surface area contributed by atoms with Gasteiger partial charge in [0, 0.05) is 16.6 Å². The lowest BCUT2D eigenvalue weighted by molar-refractivity contribution is 1.15. The molecule has 1 aromatic heterocycles. The van der Waals surface area contributed by atoms with E-state index in [2.05, 4.69) is 20.7 Å². The Hall–Kier alpha value is -1.99. The predicted molar refractivity (Wildman–Crippen MR) is 75.8 cm³/mol. The van der Waals surface area contributed by atoms with Crippen molar-refractivity contribution in [1.82, 2.24) is 9.97 Å². The minimum Gasteiger partial charge on any atom is -0.368 e. The Morgan fingerprint density at radius 1 is 1.17 bits per heavy atom. The van der Waals surface area contributed by atoms with Crippen LogP contribution in [0.1, 0.15) is 0 Å². The van der Waals surface area contributed by atoms with Crippen LogP contribution in [-0.2, 0) is 0 Å². The SMILES string of the molecule is CSc1cccc(Nc2cc(NN)nc(N)n2)c1. The summed E-state index contributed by atoms with van der Waals surface area (Å²) < 4.78 is 0. The molecule has 1 heterocycles. The molecule has 0 radical (unpaired) electrons. The molecule has 18 heavy (non-hydrogen) atoms. The lowest BCUT2D eigenvalue weighted by Gasteiger charge is -2.08. The van der Waals surface area contributed by atoms with Gasteiger partial charge in [-0.1, -0.05) is 6.07 Å². The van der Waals surface area contributed by atoms with Crippen LogP contribution >= 0.6 is 11.8 Å². The second-order valence-electron chi connectivity index (χ2n) is 3.50. The predicted octanol–water partition coefficient (Wildman–Crippen LogP) is 1.81.